The smallest absolute Gasteiger partial charge is 0.224 e. The Morgan fingerprint density at radius 2 is 1.85 bits per heavy atom. The van der Waals surface area contributed by atoms with Crippen molar-refractivity contribution in [3.8, 4) is 5.75 Å². The number of carbonyl (C=O) groups is 1. The SMILES string of the molecule is O=C1CCc2c(cccc2OCCCN2CCN(C3CCCCC3)CC2)N1. The molecule has 5 heteroatoms. The molecule has 0 spiro atoms. The molecule has 2 heterocycles. The lowest BCUT2D eigenvalue weighted by Crippen LogP contribution is -2.50. The maximum absolute atomic E-state index is 11.5. The van der Waals surface area contributed by atoms with Crippen LogP contribution in [0.3, 0.4) is 0 Å². The Morgan fingerprint density at radius 3 is 2.67 bits per heavy atom. The van der Waals surface area contributed by atoms with Gasteiger partial charge in [0.15, 0.2) is 0 Å². The summed E-state index contributed by atoms with van der Waals surface area (Å²) in [6.07, 6.45) is 9.50. The number of rotatable bonds is 6. The minimum absolute atomic E-state index is 0.104. The van der Waals surface area contributed by atoms with E-state index in [1.54, 1.807) is 0 Å². The first kappa shape index (κ1) is 18.8. The van der Waals surface area contributed by atoms with Crippen molar-refractivity contribution in [1.29, 1.82) is 0 Å². The second-order valence-corrected chi connectivity index (χ2v) is 8.20. The minimum atomic E-state index is 0.104. The highest BCUT2D eigenvalue weighted by molar-refractivity contribution is 5.94. The molecule has 2 aliphatic heterocycles. The second kappa shape index (κ2) is 9.07. The van der Waals surface area contributed by atoms with Crippen LogP contribution in [0.4, 0.5) is 5.69 Å². The Kier molecular flexibility index (Phi) is 6.30. The number of hydrogen-bond donors (Lipinski definition) is 1. The van der Waals surface area contributed by atoms with Gasteiger partial charge in [-0.2, -0.15) is 0 Å². The molecule has 1 saturated heterocycles. The average molecular weight is 372 g/mol. The molecule has 3 aliphatic rings. The third-order valence-corrected chi connectivity index (χ3v) is 6.38. The molecule has 0 bridgehead atoms. The van der Waals surface area contributed by atoms with E-state index in [0.29, 0.717) is 6.42 Å². The summed E-state index contributed by atoms with van der Waals surface area (Å²) >= 11 is 0. The van der Waals surface area contributed by atoms with E-state index in [2.05, 4.69) is 15.1 Å². The summed E-state index contributed by atoms with van der Waals surface area (Å²) in [7, 11) is 0. The Labute approximate surface area is 163 Å². The van der Waals surface area contributed by atoms with Gasteiger partial charge in [0, 0.05) is 56.4 Å². The fourth-order valence-corrected chi connectivity index (χ4v) is 4.80. The van der Waals surface area contributed by atoms with E-state index < -0.39 is 0 Å². The number of ether oxygens (including phenoxy) is 1. The lowest BCUT2D eigenvalue weighted by Gasteiger charge is -2.40. The fourth-order valence-electron chi connectivity index (χ4n) is 4.80. The number of nitrogens with one attached hydrogen (secondary N) is 1. The molecular formula is C22H33N3O2. The molecule has 0 aromatic heterocycles. The van der Waals surface area contributed by atoms with Crippen molar-refractivity contribution in [1.82, 2.24) is 9.80 Å². The topological polar surface area (TPSA) is 44.8 Å². The molecule has 1 aromatic rings. The molecule has 1 saturated carbocycles. The maximum atomic E-state index is 11.5. The molecular weight excluding hydrogens is 338 g/mol. The Morgan fingerprint density at radius 1 is 1.04 bits per heavy atom. The fraction of sp³-hybridized carbons (Fsp3) is 0.682. The first-order valence-corrected chi connectivity index (χ1v) is 10.8. The molecule has 0 radical (unpaired) electrons. The van der Waals surface area contributed by atoms with Crippen molar-refractivity contribution in [3.05, 3.63) is 23.8 Å². The van der Waals surface area contributed by atoms with Crippen LogP contribution in [0.2, 0.25) is 0 Å². The molecule has 4 rings (SSSR count). The van der Waals surface area contributed by atoms with Crippen LogP contribution in [0.5, 0.6) is 5.75 Å². The van der Waals surface area contributed by atoms with E-state index in [0.717, 1.165) is 49.0 Å². The summed E-state index contributed by atoms with van der Waals surface area (Å²) in [4.78, 5) is 16.9. The predicted octanol–water partition coefficient (Wildman–Crippen LogP) is 3.29. The van der Waals surface area contributed by atoms with Crippen LogP contribution in [-0.4, -0.2) is 61.1 Å². The van der Waals surface area contributed by atoms with Gasteiger partial charge in [-0.05, 0) is 37.8 Å². The number of piperazine rings is 1. The third-order valence-electron chi connectivity index (χ3n) is 6.38. The number of nitrogens with zero attached hydrogens (tertiary/aromatic N) is 2. The molecule has 0 unspecified atom stereocenters. The summed E-state index contributed by atoms with van der Waals surface area (Å²) in [5.41, 5.74) is 2.07. The molecule has 27 heavy (non-hydrogen) atoms. The lowest BCUT2D eigenvalue weighted by atomic mass is 9.94. The lowest BCUT2D eigenvalue weighted by molar-refractivity contribution is -0.116. The minimum Gasteiger partial charge on any atom is -0.493 e. The third kappa shape index (κ3) is 4.82. The summed E-state index contributed by atoms with van der Waals surface area (Å²) in [5.74, 6) is 1.04. The number of fused-ring (bicyclic) bond motifs is 1. The Balaban J connectivity index is 1.17. The second-order valence-electron chi connectivity index (χ2n) is 8.20. The summed E-state index contributed by atoms with van der Waals surface area (Å²) < 4.78 is 6.06. The zero-order valence-corrected chi connectivity index (χ0v) is 16.4. The van der Waals surface area contributed by atoms with E-state index in [-0.39, 0.29) is 5.91 Å². The van der Waals surface area contributed by atoms with Gasteiger partial charge in [0.2, 0.25) is 5.91 Å². The molecule has 1 aromatic carbocycles. The molecule has 2 fully saturated rings. The quantitative estimate of drug-likeness (QED) is 0.780. The summed E-state index contributed by atoms with van der Waals surface area (Å²) in [5, 5.41) is 2.94. The van der Waals surface area contributed by atoms with E-state index in [1.165, 1.54) is 58.3 Å². The van der Waals surface area contributed by atoms with Gasteiger partial charge in [-0.25, -0.2) is 0 Å². The normalized spacial score (nSPS) is 22.3. The van der Waals surface area contributed by atoms with Crippen LogP contribution >= 0.6 is 0 Å². The van der Waals surface area contributed by atoms with Crippen LogP contribution in [0.15, 0.2) is 18.2 Å². The molecule has 1 amide bonds. The van der Waals surface area contributed by atoms with E-state index in [9.17, 15) is 4.79 Å². The van der Waals surface area contributed by atoms with Gasteiger partial charge in [0.25, 0.3) is 0 Å². The van der Waals surface area contributed by atoms with Crippen LogP contribution in [-0.2, 0) is 11.2 Å². The van der Waals surface area contributed by atoms with Gasteiger partial charge in [0.1, 0.15) is 5.75 Å². The Bertz CT molecular complexity index is 634. The van der Waals surface area contributed by atoms with Crippen molar-refractivity contribution in [2.24, 2.45) is 0 Å². The van der Waals surface area contributed by atoms with Crippen molar-refractivity contribution in [2.75, 3.05) is 44.6 Å². The highest BCUT2D eigenvalue weighted by Gasteiger charge is 2.25. The number of hydrogen-bond acceptors (Lipinski definition) is 4. The first-order chi connectivity index (χ1) is 13.3. The van der Waals surface area contributed by atoms with Crippen molar-refractivity contribution >= 4 is 11.6 Å². The zero-order valence-electron chi connectivity index (χ0n) is 16.4. The van der Waals surface area contributed by atoms with Crippen LogP contribution in [0.25, 0.3) is 0 Å². The maximum Gasteiger partial charge on any atom is 0.224 e. The summed E-state index contributed by atoms with van der Waals surface area (Å²) in [6, 6.07) is 6.81. The molecule has 1 aliphatic carbocycles. The predicted molar refractivity (Wildman–Crippen MR) is 108 cm³/mol. The van der Waals surface area contributed by atoms with Gasteiger partial charge in [-0.15, -0.1) is 0 Å². The summed E-state index contributed by atoms with van der Waals surface area (Å²) in [6.45, 7) is 6.72. The van der Waals surface area contributed by atoms with Crippen LogP contribution in [0.1, 0.15) is 50.5 Å². The van der Waals surface area contributed by atoms with Crippen molar-refractivity contribution in [3.63, 3.8) is 0 Å². The van der Waals surface area contributed by atoms with Crippen molar-refractivity contribution < 1.29 is 9.53 Å². The monoisotopic (exact) mass is 371 g/mol. The van der Waals surface area contributed by atoms with Gasteiger partial charge in [0.05, 0.1) is 6.61 Å². The van der Waals surface area contributed by atoms with Gasteiger partial charge < -0.3 is 15.0 Å². The van der Waals surface area contributed by atoms with Crippen LogP contribution in [0, 0.1) is 0 Å². The molecule has 0 atom stereocenters. The van der Waals surface area contributed by atoms with Crippen LogP contribution < -0.4 is 10.1 Å². The van der Waals surface area contributed by atoms with E-state index in [1.807, 2.05) is 18.2 Å². The van der Waals surface area contributed by atoms with E-state index in [4.69, 9.17) is 4.74 Å². The van der Waals surface area contributed by atoms with Gasteiger partial charge in [-0.3, -0.25) is 9.69 Å². The van der Waals surface area contributed by atoms with E-state index >= 15 is 0 Å². The average Bonchev–Trinajstić information content (AvgIpc) is 2.72. The number of benzene rings is 1. The highest BCUT2D eigenvalue weighted by Crippen LogP contribution is 2.31. The van der Waals surface area contributed by atoms with Gasteiger partial charge >= 0.3 is 0 Å². The highest BCUT2D eigenvalue weighted by atomic mass is 16.5. The largest absolute Gasteiger partial charge is 0.493 e. The molecule has 148 valence electrons. The number of amides is 1. The Hall–Kier alpha value is -1.59. The van der Waals surface area contributed by atoms with Gasteiger partial charge in [-0.1, -0.05) is 25.3 Å². The standard InChI is InChI=1S/C22H33N3O2/c26-22-11-10-19-20(23-22)8-4-9-21(19)27-17-5-12-24-13-15-25(16-14-24)18-6-2-1-3-7-18/h4,8-9,18H,1-3,5-7,10-17H2,(H,23,26). The molecule has 1 N–H and O–H groups in total. The first-order valence-electron chi connectivity index (χ1n) is 10.8. The molecule has 5 nitrogen and oxygen atoms in total. The number of anilines is 1. The zero-order chi connectivity index (χ0) is 18.5. The number of carbonyl (C=O) groups excluding carboxylic acids is 1. The van der Waals surface area contributed by atoms with Crippen molar-refractivity contribution in [2.45, 2.75) is 57.4 Å².